The van der Waals surface area contributed by atoms with Crippen molar-refractivity contribution in [2.45, 2.75) is 45.4 Å². The summed E-state index contributed by atoms with van der Waals surface area (Å²) in [7, 11) is 2.32. The molecule has 112 valence electrons. The average Bonchev–Trinajstić information content (AvgIpc) is 2.91. The van der Waals surface area contributed by atoms with E-state index in [1.807, 2.05) is 0 Å². The maximum Gasteiger partial charge on any atom is 0.0109 e. The third-order valence-electron chi connectivity index (χ3n) is 4.94. The molecule has 2 fully saturated rings. The highest BCUT2D eigenvalue weighted by Gasteiger charge is 2.32. The Hall–Kier alpha value is -0.120. The van der Waals surface area contributed by atoms with Crippen molar-refractivity contribution in [2.75, 3.05) is 52.9 Å². The molecule has 2 saturated heterocycles. The maximum atomic E-state index is 3.63. The lowest BCUT2D eigenvalue weighted by molar-refractivity contribution is 0.115. The number of rotatable bonds is 7. The van der Waals surface area contributed by atoms with Gasteiger partial charge in [-0.25, -0.2) is 0 Å². The third kappa shape index (κ3) is 4.73. The zero-order valence-electron chi connectivity index (χ0n) is 13.1. The van der Waals surface area contributed by atoms with Crippen molar-refractivity contribution in [2.24, 2.45) is 5.41 Å². The molecule has 1 unspecified atom stereocenters. The Balaban J connectivity index is 1.75. The van der Waals surface area contributed by atoms with Crippen LogP contribution in [0.3, 0.4) is 0 Å². The predicted molar refractivity (Wildman–Crippen MR) is 82.6 cm³/mol. The zero-order valence-corrected chi connectivity index (χ0v) is 13.1. The second-order valence-corrected chi connectivity index (χ2v) is 6.82. The summed E-state index contributed by atoms with van der Waals surface area (Å²) >= 11 is 0. The van der Waals surface area contributed by atoms with E-state index in [9.17, 15) is 0 Å². The number of likely N-dealkylation sites (N-methyl/N-ethyl adjacent to an activating group) is 1. The number of hydrogen-bond donors (Lipinski definition) is 1. The van der Waals surface area contributed by atoms with Crippen LogP contribution in [-0.4, -0.2) is 62.7 Å². The first-order valence-electron chi connectivity index (χ1n) is 8.36. The molecule has 2 heterocycles. The SMILES string of the molecule is CCCC1(CN(C)CCN2CCCC2)CCCNC1. The summed E-state index contributed by atoms with van der Waals surface area (Å²) in [5.74, 6) is 0. The smallest absolute Gasteiger partial charge is 0.0109 e. The fourth-order valence-electron chi connectivity index (χ4n) is 3.96. The summed E-state index contributed by atoms with van der Waals surface area (Å²) < 4.78 is 0. The number of nitrogens with zero attached hydrogens (tertiary/aromatic N) is 2. The largest absolute Gasteiger partial charge is 0.316 e. The molecule has 0 bridgehead atoms. The fourth-order valence-corrected chi connectivity index (χ4v) is 3.96. The molecule has 19 heavy (non-hydrogen) atoms. The Bertz CT molecular complexity index is 237. The minimum Gasteiger partial charge on any atom is -0.316 e. The van der Waals surface area contributed by atoms with E-state index in [1.54, 1.807) is 0 Å². The summed E-state index contributed by atoms with van der Waals surface area (Å²) in [5.41, 5.74) is 0.548. The molecular formula is C16H33N3. The van der Waals surface area contributed by atoms with E-state index in [0.29, 0.717) is 5.41 Å². The van der Waals surface area contributed by atoms with Crippen LogP contribution in [-0.2, 0) is 0 Å². The lowest BCUT2D eigenvalue weighted by atomic mass is 9.76. The van der Waals surface area contributed by atoms with Crippen LogP contribution >= 0.6 is 0 Å². The molecule has 1 N–H and O–H groups in total. The van der Waals surface area contributed by atoms with Gasteiger partial charge in [0.1, 0.15) is 0 Å². The van der Waals surface area contributed by atoms with Gasteiger partial charge in [0.25, 0.3) is 0 Å². The quantitative estimate of drug-likeness (QED) is 0.763. The number of nitrogens with one attached hydrogen (secondary N) is 1. The fraction of sp³-hybridized carbons (Fsp3) is 1.00. The molecule has 3 nitrogen and oxygen atoms in total. The minimum atomic E-state index is 0.548. The van der Waals surface area contributed by atoms with Crippen LogP contribution in [0.25, 0.3) is 0 Å². The molecule has 2 aliphatic heterocycles. The van der Waals surface area contributed by atoms with Crippen molar-refractivity contribution >= 4 is 0 Å². The molecule has 0 aromatic carbocycles. The van der Waals surface area contributed by atoms with Gasteiger partial charge in [0.2, 0.25) is 0 Å². The van der Waals surface area contributed by atoms with Crippen LogP contribution < -0.4 is 5.32 Å². The van der Waals surface area contributed by atoms with Crippen LogP contribution in [0.2, 0.25) is 0 Å². The summed E-state index contributed by atoms with van der Waals surface area (Å²) in [6, 6.07) is 0. The molecule has 0 aromatic heterocycles. The zero-order chi connectivity index (χ0) is 13.6. The van der Waals surface area contributed by atoms with Gasteiger partial charge in [-0.3, -0.25) is 0 Å². The van der Waals surface area contributed by atoms with E-state index in [0.717, 1.165) is 0 Å². The normalized spacial score (nSPS) is 29.2. The van der Waals surface area contributed by atoms with E-state index in [1.165, 1.54) is 84.3 Å². The van der Waals surface area contributed by atoms with Gasteiger partial charge in [0.15, 0.2) is 0 Å². The van der Waals surface area contributed by atoms with Gasteiger partial charge in [-0.1, -0.05) is 13.3 Å². The molecule has 0 aromatic rings. The molecule has 0 radical (unpaired) electrons. The monoisotopic (exact) mass is 267 g/mol. The van der Waals surface area contributed by atoms with Crippen molar-refractivity contribution < 1.29 is 0 Å². The van der Waals surface area contributed by atoms with E-state index < -0.39 is 0 Å². The molecule has 2 aliphatic rings. The van der Waals surface area contributed by atoms with E-state index in [2.05, 4.69) is 29.1 Å². The van der Waals surface area contributed by atoms with Gasteiger partial charge in [-0.05, 0) is 64.2 Å². The number of likely N-dealkylation sites (tertiary alicyclic amines) is 1. The van der Waals surface area contributed by atoms with E-state index >= 15 is 0 Å². The molecule has 0 aliphatic carbocycles. The maximum absolute atomic E-state index is 3.63. The molecule has 3 heteroatoms. The minimum absolute atomic E-state index is 0.548. The Morgan fingerprint density at radius 2 is 2.00 bits per heavy atom. The van der Waals surface area contributed by atoms with Crippen molar-refractivity contribution in [1.29, 1.82) is 0 Å². The lowest BCUT2D eigenvalue weighted by Gasteiger charge is -2.41. The Labute approximate surface area is 119 Å². The summed E-state index contributed by atoms with van der Waals surface area (Å²) in [5, 5.41) is 3.63. The summed E-state index contributed by atoms with van der Waals surface area (Å²) in [4.78, 5) is 5.21. The first-order valence-corrected chi connectivity index (χ1v) is 8.36. The topological polar surface area (TPSA) is 18.5 Å². The molecule has 0 saturated carbocycles. The van der Waals surface area contributed by atoms with Gasteiger partial charge < -0.3 is 15.1 Å². The van der Waals surface area contributed by atoms with Crippen LogP contribution in [0.1, 0.15) is 45.4 Å². The molecule has 2 rings (SSSR count). The van der Waals surface area contributed by atoms with Gasteiger partial charge in [-0.2, -0.15) is 0 Å². The highest BCUT2D eigenvalue weighted by atomic mass is 15.2. The molecular weight excluding hydrogens is 234 g/mol. The number of hydrogen-bond acceptors (Lipinski definition) is 3. The van der Waals surface area contributed by atoms with E-state index in [4.69, 9.17) is 0 Å². The van der Waals surface area contributed by atoms with Crippen molar-refractivity contribution in [3.63, 3.8) is 0 Å². The highest BCUT2D eigenvalue weighted by molar-refractivity contribution is 4.87. The second kappa shape index (κ2) is 7.61. The Morgan fingerprint density at radius 3 is 2.63 bits per heavy atom. The predicted octanol–water partition coefficient (Wildman–Crippen LogP) is 2.18. The van der Waals surface area contributed by atoms with Crippen LogP contribution in [0.5, 0.6) is 0 Å². The molecule has 0 spiro atoms. The van der Waals surface area contributed by atoms with Gasteiger partial charge in [-0.15, -0.1) is 0 Å². The second-order valence-electron chi connectivity index (χ2n) is 6.82. The van der Waals surface area contributed by atoms with E-state index in [-0.39, 0.29) is 0 Å². The third-order valence-corrected chi connectivity index (χ3v) is 4.94. The first-order chi connectivity index (χ1) is 9.24. The van der Waals surface area contributed by atoms with Gasteiger partial charge in [0.05, 0.1) is 0 Å². The van der Waals surface area contributed by atoms with Crippen molar-refractivity contribution in [1.82, 2.24) is 15.1 Å². The summed E-state index contributed by atoms with van der Waals surface area (Å²) in [6.07, 6.45) is 8.30. The molecule has 1 atom stereocenters. The van der Waals surface area contributed by atoms with Crippen LogP contribution in [0, 0.1) is 5.41 Å². The Kier molecular flexibility index (Phi) is 6.11. The average molecular weight is 267 g/mol. The standard InChI is InChI=1S/C16H33N3/c1-3-7-16(8-6-9-17-14-16)15-18(2)12-13-19-10-4-5-11-19/h17H,3-15H2,1-2H3. The van der Waals surface area contributed by atoms with Gasteiger partial charge in [0, 0.05) is 26.2 Å². The highest BCUT2D eigenvalue weighted by Crippen LogP contribution is 2.32. The summed E-state index contributed by atoms with van der Waals surface area (Å²) in [6.45, 7) is 11.2. The van der Waals surface area contributed by atoms with Crippen LogP contribution in [0.15, 0.2) is 0 Å². The van der Waals surface area contributed by atoms with Gasteiger partial charge >= 0.3 is 0 Å². The van der Waals surface area contributed by atoms with Crippen LogP contribution in [0.4, 0.5) is 0 Å². The van der Waals surface area contributed by atoms with Crippen molar-refractivity contribution in [3.8, 4) is 0 Å². The lowest BCUT2D eigenvalue weighted by Crippen LogP contribution is -2.47. The van der Waals surface area contributed by atoms with Crippen molar-refractivity contribution in [3.05, 3.63) is 0 Å². The number of piperidine rings is 1. The molecule has 0 amide bonds. The first kappa shape index (κ1) is 15.3. The Morgan fingerprint density at radius 1 is 1.21 bits per heavy atom.